The van der Waals surface area contributed by atoms with Gasteiger partial charge in [0.1, 0.15) is 0 Å². The molecule has 2 rings (SSSR count). The average Bonchev–Trinajstić information content (AvgIpc) is 2.81. The third-order valence-corrected chi connectivity index (χ3v) is 6.38. The van der Waals surface area contributed by atoms with Gasteiger partial charge in [0.15, 0.2) is 0 Å². The molecule has 1 atom stereocenters. The first-order valence-electron chi connectivity index (χ1n) is 7.88. The fourth-order valence-electron chi connectivity index (χ4n) is 3.43. The summed E-state index contributed by atoms with van der Waals surface area (Å²) in [5, 5.41) is 3.43. The summed E-state index contributed by atoms with van der Waals surface area (Å²) in [5.41, 5.74) is 0.488. The Morgan fingerprint density at radius 1 is 1.30 bits per heavy atom. The second-order valence-electron chi connectivity index (χ2n) is 6.49. The van der Waals surface area contributed by atoms with Crippen LogP contribution < -0.4 is 10.0 Å². The zero-order chi connectivity index (χ0) is 14.6. The van der Waals surface area contributed by atoms with Crippen molar-refractivity contribution < 1.29 is 8.42 Å². The zero-order valence-corrected chi connectivity index (χ0v) is 13.6. The van der Waals surface area contributed by atoms with Crippen molar-refractivity contribution in [2.75, 3.05) is 38.5 Å². The van der Waals surface area contributed by atoms with E-state index in [9.17, 15) is 8.42 Å². The second-order valence-corrected chi connectivity index (χ2v) is 8.41. The number of rotatable bonds is 6. The normalized spacial score (nSPS) is 25.1. The highest BCUT2D eigenvalue weighted by atomic mass is 32.2. The summed E-state index contributed by atoms with van der Waals surface area (Å²) in [4.78, 5) is 2.46. The minimum Gasteiger partial charge on any atom is -0.317 e. The Morgan fingerprint density at radius 2 is 2.00 bits per heavy atom. The molecule has 0 aromatic carbocycles. The topological polar surface area (TPSA) is 61.4 Å². The Bertz CT molecular complexity index is 405. The van der Waals surface area contributed by atoms with Gasteiger partial charge in [-0.3, -0.25) is 4.90 Å². The van der Waals surface area contributed by atoms with Gasteiger partial charge in [0, 0.05) is 19.1 Å². The first-order chi connectivity index (χ1) is 9.46. The fourth-order valence-corrected chi connectivity index (χ4v) is 4.61. The molecule has 20 heavy (non-hydrogen) atoms. The molecule has 2 fully saturated rings. The highest BCUT2D eigenvalue weighted by Gasteiger charge is 2.40. The quantitative estimate of drug-likeness (QED) is 0.761. The van der Waals surface area contributed by atoms with E-state index in [1.54, 1.807) is 0 Å². The van der Waals surface area contributed by atoms with Gasteiger partial charge in [-0.05, 0) is 57.7 Å². The minimum atomic E-state index is -3.08. The number of hydrogen-bond acceptors (Lipinski definition) is 4. The Morgan fingerprint density at radius 3 is 2.65 bits per heavy atom. The van der Waals surface area contributed by atoms with Crippen molar-refractivity contribution in [3.05, 3.63) is 0 Å². The predicted molar refractivity (Wildman–Crippen MR) is 82.3 cm³/mol. The van der Waals surface area contributed by atoms with Crippen LogP contribution >= 0.6 is 0 Å². The number of nitrogens with zero attached hydrogens (tertiary/aromatic N) is 1. The van der Waals surface area contributed by atoms with Gasteiger partial charge in [0.2, 0.25) is 10.0 Å². The van der Waals surface area contributed by atoms with Gasteiger partial charge < -0.3 is 5.32 Å². The highest BCUT2D eigenvalue weighted by molar-refractivity contribution is 7.89. The van der Waals surface area contributed by atoms with Crippen LogP contribution in [0.5, 0.6) is 0 Å². The Balaban J connectivity index is 1.81. The van der Waals surface area contributed by atoms with Crippen molar-refractivity contribution in [2.45, 2.75) is 45.6 Å². The van der Waals surface area contributed by atoms with Crippen LogP contribution in [0.4, 0.5) is 0 Å². The number of hydrogen-bond donors (Lipinski definition) is 2. The number of piperidine rings is 1. The third-order valence-electron chi connectivity index (χ3n) is 4.83. The molecule has 0 saturated carbocycles. The summed E-state index contributed by atoms with van der Waals surface area (Å²) in [5.74, 6) is 0.231. The largest absolute Gasteiger partial charge is 0.317 e. The van der Waals surface area contributed by atoms with Crippen LogP contribution in [0.3, 0.4) is 0 Å². The van der Waals surface area contributed by atoms with E-state index in [-0.39, 0.29) is 11.8 Å². The van der Waals surface area contributed by atoms with Gasteiger partial charge in [-0.25, -0.2) is 13.1 Å². The highest BCUT2D eigenvalue weighted by Crippen LogP contribution is 2.39. The first-order valence-corrected chi connectivity index (χ1v) is 9.54. The zero-order valence-electron chi connectivity index (χ0n) is 12.8. The van der Waals surface area contributed by atoms with E-state index in [0.717, 1.165) is 26.2 Å². The van der Waals surface area contributed by atoms with Gasteiger partial charge in [-0.15, -0.1) is 0 Å². The maximum Gasteiger partial charge on any atom is 0.211 e. The van der Waals surface area contributed by atoms with E-state index in [4.69, 9.17) is 0 Å². The maximum absolute atomic E-state index is 11.7. The lowest BCUT2D eigenvalue weighted by molar-refractivity contribution is 0.175. The summed E-state index contributed by atoms with van der Waals surface area (Å²) in [6.45, 7) is 9.06. The van der Waals surface area contributed by atoms with Gasteiger partial charge >= 0.3 is 0 Å². The van der Waals surface area contributed by atoms with Crippen LogP contribution in [0.1, 0.15) is 39.5 Å². The average molecular weight is 303 g/mol. The number of sulfonamides is 1. The number of likely N-dealkylation sites (tertiary alicyclic amines) is 1. The molecule has 1 unspecified atom stereocenters. The van der Waals surface area contributed by atoms with Gasteiger partial charge in [0.05, 0.1) is 5.75 Å². The lowest BCUT2D eigenvalue weighted by Gasteiger charge is -2.35. The Labute approximate surface area is 123 Å². The van der Waals surface area contributed by atoms with E-state index in [0.29, 0.717) is 18.4 Å². The van der Waals surface area contributed by atoms with Crippen LogP contribution in [-0.4, -0.2) is 57.8 Å². The molecule has 0 aromatic rings. The fraction of sp³-hybridized carbons (Fsp3) is 1.00. The molecule has 0 radical (unpaired) electrons. The summed E-state index contributed by atoms with van der Waals surface area (Å²) >= 11 is 0. The molecule has 1 spiro atoms. The van der Waals surface area contributed by atoms with Crippen molar-refractivity contribution in [1.82, 2.24) is 14.9 Å². The van der Waals surface area contributed by atoms with Crippen LogP contribution in [0.25, 0.3) is 0 Å². The molecule has 2 aliphatic rings. The minimum absolute atomic E-state index is 0.231. The molecule has 2 aliphatic heterocycles. The van der Waals surface area contributed by atoms with Crippen molar-refractivity contribution in [1.29, 1.82) is 0 Å². The van der Waals surface area contributed by atoms with E-state index >= 15 is 0 Å². The second kappa shape index (κ2) is 6.73. The van der Waals surface area contributed by atoms with E-state index in [1.165, 1.54) is 19.3 Å². The lowest BCUT2D eigenvalue weighted by atomic mass is 9.78. The first kappa shape index (κ1) is 16.2. The standard InChI is InChI=1S/C14H29N3O2S/c1-3-10-20(18,19)16-11-13(2)17-9-6-14(12-17)4-7-15-8-5-14/h13,15-16H,3-12H2,1-2H3. The molecule has 0 aliphatic carbocycles. The van der Waals surface area contributed by atoms with Crippen LogP contribution in [-0.2, 0) is 10.0 Å². The van der Waals surface area contributed by atoms with Crippen LogP contribution in [0.15, 0.2) is 0 Å². The lowest BCUT2D eigenvalue weighted by Crippen LogP contribution is -2.44. The summed E-state index contributed by atoms with van der Waals surface area (Å²) in [6, 6.07) is 0.288. The molecule has 118 valence electrons. The smallest absolute Gasteiger partial charge is 0.211 e. The SMILES string of the molecule is CCCS(=O)(=O)NCC(C)N1CCC2(CCNCC2)C1. The molecule has 0 amide bonds. The third kappa shape index (κ3) is 4.16. The van der Waals surface area contributed by atoms with Crippen LogP contribution in [0.2, 0.25) is 0 Å². The predicted octanol–water partition coefficient (Wildman–Crippen LogP) is 0.780. The Kier molecular flexibility index (Phi) is 5.45. The van der Waals surface area contributed by atoms with Gasteiger partial charge in [-0.1, -0.05) is 6.92 Å². The molecule has 2 saturated heterocycles. The molecule has 2 N–H and O–H groups in total. The molecule has 0 bridgehead atoms. The summed E-state index contributed by atoms with van der Waals surface area (Å²) in [7, 11) is -3.08. The summed E-state index contributed by atoms with van der Waals surface area (Å²) < 4.78 is 26.2. The molecule has 2 heterocycles. The van der Waals surface area contributed by atoms with Crippen LogP contribution in [0, 0.1) is 5.41 Å². The monoisotopic (exact) mass is 303 g/mol. The van der Waals surface area contributed by atoms with E-state index in [1.807, 2.05) is 6.92 Å². The van der Waals surface area contributed by atoms with Gasteiger partial charge in [0.25, 0.3) is 0 Å². The van der Waals surface area contributed by atoms with Crippen molar-refractivity contribution in [3.8, 4) is 0 Å². The Hall–Kier alpha value is -0.170. The van der Waals surface area contributed by atoms with E-state index < -0.39 is 10.0 Å². The summed E-state index contributed by atoms with van der Waals surface area (Å²) in [6.07, 6.45) is 4.46. The molecule has 6 heteroatoms. The van der Waals surface area contributed by atoms with Gasteiger partial charge in [-0.2, -0.15) is 0 Å². The molecule has 5 nitrogen and oxygen atoms in total. The van der Waals surface area contributed by atoms with Crippen molar-refractivity contribution in [3.63, 3.8) is 0 Å². The number of nitrogens with one attached hydrogen (secondary N) is 2. The van der Waals surface area contributed by atoms with Crippen molar-refractivity contribution >= 4 is 10.0 Å². The molecular weight excluding hydrogens is 274 g/mol. The van der Waals surface area contributed by atoms with E-state index in [2.05, 4.69) is 21.9 Å². The van der Waals surface area contributed by atoms with Crippen molar-refractivity contribution in [2.24, 2.45) is 5.41 Å². The molecule has 0 aromatic heterocycles. The molecular formula is C14H29N3O2S. The maximum atomic E-state index is 11.7.